The highest BCUT2D eigenvalue weighted by atomic mass is 19.1. The van der Waals surface area contributed by atoms with Gasteiger partial charge in [-0.25, -0.2) is 4.39 Å². The smallest absolute Gasteiger partial charge is 0.267 e. The van der Waals surface area contributed by atoms with Gasteiger partial charge in [0.1, 0.15) is 17.5 Å². The van der Waals surface area contributed by atoms with Crippen molar-refractivity contribution in [3.8, 4) is 6.07 Å². The molecule has 0 atom stereocenters. The lowest BCUT2D eigenvalue weighted by molar-refractivity contribution is -0.112. The summed E-state index contributed by atoms with van der Waals surface area (Å²) in [5.41, 5.74) is 0.381. The molecule has 1 aromatic rings. The molecule has 0 aliphatic heterocycles. The van der Waals surface area contributed by atoms with Crippen molar-refractivity contribution in [3.63, 3.8) is 0 Å². The molecule has 1 rings (SSSR count). The largest absolute Gasteiger partial charge is 0.390 e. The number of ether oxygens (including phenoxy) is 1. The SMILES string of the molecule is CC(C)OCCCN/C=C(/C#N)C(=O)Nc1ccc(F)cc1. The summed E-state index contributed by atoms with van der Waals surface area (Å²) in [5.74, 6) is -0.931. The molecule has 0 aliphatic carbocycles. The lowest BCUT2D eigenvalue weighted by Crippen LogP contribution is -2.18. The average molecular weight is 305 g/mol. The van der Waals surface area contributed by atoms with Crippen molar-refractivity contribution in [1.82, 2.24) is 5.32 Å². The molecule has 5 nitrogen and oxygen atoms in total. The predicted molar refractivity (Wildman–Crippen MR) is 82.4 cm³/mol. The van der Waals surface area contributed by atoms with Crippen LogP contribution in [0, 0.1) is 17.1 Å². The van der Waals surface area contributed by atoms with Crippen LogP contribution in [0.5, 0.6) is 0 Å². The first-order valence-electron chi connectivity index (χ1n) is 7.05. The molecular weight excluding hydrogens is 285 g/mol. The van der Waals surface area contributed by atoms with Gasteiger partial charge in [0.25, 0.3) is 5.91 Å². The van der Waals surface area contributed by atoms with Crippen LogP contribution in [0.4, 0.5) is 10.1 Å². The van der Waals surface area contributed by atoms with Crippen LogP contribution < -0.4 is 10.6 Å². The Morgan fingerprint density at radius 3 is 2.68 bits per heavy atom. The van der Waals surface area contributed by atoms with Crippen LogP contribution in [0.25, 0.3) is 0 Å². The van der Waals surface area contributed by atoms with Gasteiger partial charge in [0, 0.05) is 25.0 Å². The topological polar surface area (TPSA) is 74.1 Å². The molecule has 0 radical (unpaired) electrons. The van der Waals surface area contributed by atoms with Gasteiger partial charge in [0.2, 0.25) is 0 Å². The highest BCUT2D eigenvalue weighted by Gasteiger charge is 2.08. The number of hydrogen-bond acceptors (Lipinski definition) is 4. The zero-order valence-electron chi connectivity index (χ0n) is 12.7. The van der Waals surface area contributed by atoms with Gasteiger partial charge in [0.15, 0.2) is 0 Å². The number of halogens is 1. The number of rotatable bonds is 8. The number of nitrogens with one attached hydrogen (secondary N) is 2. The molecule has 1 amide bonds. The van der Waals surface area contributed by atoms with E-state index in [9.17, 15) is 9.18 Å². The first kappa shape index (κ1) is 17.7. The number of anilines is 1. The standard InChI is InChI=1S/C16H20FN3O2/c1-12(2)22-9-3-8-19-11-13(10-18)16(21)20-15-6-4-14(17)5-7-15/h4-7,11-12,19H,3,8-9H2,1-2H3,(H,20,21)/b13-11-. The van der Waals surface area contributed by atoms with Crippen LogP contribution in [-0.4, -0.2) is 25.2 Å². The predicted octanol–water partition coefficient (Wildman–Crippen LogP) is 2.58. The van der Waals surface area contributed by atoms with E-state index in [1.807, 2.05) is 19.9 Å². The first-order valence-corrected chi connectivity index (χ1v) is 7.05. The Kier molecular flexibility index (Phi) is 7.65. The van der Waals surface area contributed by atoms with Crippen LogP contribution >= 0.6 is 0 Å². The molecule has 118 valence electrons. The van der Waals surface area contributed by atoms with Crippen molar-refractivity contribution in [1.29, 1.82) is 5.26 Å². The fourth-order valence-corrected chi connectivity index (χ4v) is 1.55. The van der Waals surface area contributed by atoms with Gasteiger partial charge in [-0.1, -0.05) is 0 Å². The average Bonchev–Trinajstić information content (AvgIpc) is 2.48. The number of nitriles is 1. The third kappa shape index (κ3) is 6.86. The second kappa shape index (κ2) is 9.53. The third-order valence-electron chi connectivity index (χ3n) is 2.63. The van der Waals surface area contributed by atoms with Gasteiger partial charge in [-0.15, -0.1) is 0 Å². The van der Waals surface area contributed by atoms with Crippen molar-refractivity contribution in [2.45, 2.75) is 26.4 Å². The highest BCUT2D eigenvalue weighted by molar-refractivity contribution is 6.06. The Hall–Kier alpha value is -2.39. The minimum Gasteiger partial charge on any atom is -0.390 e. The second-order valence-corrected chi connectivity index (χ2v) is 4.86. The minimum absolute atomic E-state index is 0.0471. The number of carbonyl (C=O) groups excluding carboxylic acids is 1. The molecule has 0 bridgehead atoms. The lowest BCUT2D eigenvalue weighted by Gasteiger charge is -2.07. The van der Waals surface area contributed by atoms with Gasteiger partial charge < -0.3 is 15.4 Å². The Morgan fingerprint density at radius 1 is 1.41 bits per heavy atom. The maximum atomic E-state index is 12.8. The van der Waals surface area contributed by atoms with Gasteiger partial charge >= 0.3 is 0 Å². The Labute approximate surface area is 129 Å². The summed E-state index contributed by atoms with van der Waals surface area (Å²) in [5, 5.41) is 14.4. The van der Waals surface area contributed by atoms with Gasteiger partial charge in [-0.05, 0) is 44.5 Å². The summed E-state index contributed by atoms with van der Waals surface area (Å²) < 4.78 is 18.1. The van der Waals surface area contributed by atoms with Crippen molar-refractivity contribution >= 4 is 11.6 Å². The lowest BCUT2D eigenvalue weighted by atomic mass is 10.2. The van der Waals surface area contributed by atoms with E-state index in [1.165, 1.54) is 30.5 Å². The molecule has 22 heavy (non-hydrogen) atoms. The van der Waals surface area contributed by atoms with Crippen LogP contribution in [0.1, 0.15) is 20.3 Å². The summed E-state index contributed by atoms with van der Waals surface area (Å²) in [6.07, 6.45) is 2.33. The summed E-state index contributed by atoms with van der Waals surface area (Å²) in [7, 11) is 0. The summed E-state index contributed by atoms with van der Waals surface area (Å²) >= 11 is 0. The quantitative estimate of drug-likeness (QED) is 0.440. The van der Waals surface area contributed by atoms with E-state index in [4.69, 9.17) is 10.00 Å². The third-order valence-corrected chi connectivity index (χ3v) is 2.63. The summed E-state index contributed by atoms with van der Waals surface area (Å²) in [4.78, 5) is 11.9. The molecule has 1 aromatic carbocycles. The summed E-state index contributed by atoms with van der Waals surface area (Å²) in [6.45, 7) is 5.13. The fourth-order valence-electron chi connectivity index (χ4n) is 1.55. The number of nitrogens with zero attached hydrogens (tertiary/aromatic N) is 1. The fraction of sp³-hybridized carbons (Fsp3) is 0.375. The molecule has 0 aromatic heterocycles. The number of benzene rings is 1. The molecule has 0 saturated carbocycles. The second-order valence-electron chi connectivity index (χ2n) is 4.86. The van der Waals surface area contributed by atoms with E-state index in [2.05, 4.69) is 10.6 Å². The van der Waals surface area contributed by atoms with E-state index in [1.54, 1.807) is 0 Å². The van der Waals surface area contributed by atoms with Crippen LogP contribution in [0.2, 0.25) is 0 Å². The molecule has 0 fully saturated rings. The van der Waals surface area contributed by atoms with Crippen molar-refractivity contribution in [3.05, 3.63) is 41.9 Å². The van der Waals surface area contributed by atoms with Gasteiger partial charge in [-0.3, -0.25) is 4.79 Å². The molecule has 2 N–H and O–H groups in total. The van der Waals surface area contributed by atoms with E-state index >= 15 is 0 Å². The molecule has 6 heteroatoms. The minimum atomic E-state index is -0.542. The number of hydrogen-bond donors (Lipinski definition) is 2. The summed E-state index contributed by atoms with van der Waals surface area (Å²) in [6, 6.07) is 7.15. The molecule has 0 spiro atoms. The van der Waals surface area contributed by atoms with Crippen LogP contribution in [-0.2, 0) is 9.53 Å². The molecule has 0 heterocycles. The maximum Gasteiger partial charge on any atom is 0.267 e. The Balaban J connectivity index is 2.42. The zero-order valence-corrected chi connectivity index (χ0v) is 12.7. The zero-order chi connectivity index (χ0) is 16.4. The van der Waals surface area contributed by atoms with Gasteiger partial charge in [0.05, 0.1) is 6.10 Å². The highest BCUT2D eigenvalue weighted by Crippen LogP contribution is 2.09. The van der Waals surface area contributed by atoms with Crippen LogP contribution in [0.3, 0.4) is 0 Å². The monoisotopic (exact) mass is 305 g/mol. The van der Waals surface area contributed by atoms with E-state index < -0.39 is 5.91 Å². The van der Waals surface area contributed by atoms with Crippen LogP contribution in [0.15, 0.2) is 36.0 Å². The van der Waals surface area contributed by atoms with Crippen molar-refractivity contribution < 1.29 is 13.9 Å². The van der Waals surface area contributed by atoms with E-state index in [0.717, 1.165) is 6.42 Å². The normalized spacial score (nSPS) is 11.1. The Morgan fingerprint density at radius 2 is 2.09 bits per heavy atom. The molecule has 0 unspecified atom stereocenters. The van der Waals surface area contributed by atoms with E-state index in [-0.39, 0.29) is 17.5 Å². The maximum absolute atomic E-state index is 12.8. The molecule has 0 saturated heterocycles. The van der Waals surface area contributed by atoms with Gasteiger partial charge in [-0.2, -0.15) is 5.26 Å². The number of amides is 1. The Bertz CT molecular complexity index is 548. The van der Waals surface area contributed by atoms with Crippen molar-refractivity contribution in [2.24, 2.45) is 0 Å². The molecule has 0 aliphatic rings. The first-order chi connectivity index (χ1) is 10.5. The molecular formula is C16H20FN3O2. The van der Waals surface area contributed by atoms with Crippen molar-refractivity contribution in [2.75, 3.05) is 18.5 Å². The number of carbonyl (C=O) groups is 1. The van der Waals surface area contributed by atoms with E-state index in [0.29, 0.717) is 18.8 Å².